The highest BCUT2D eigenvalue weighted by atomic mass is 16.2. The Kier molecular flexibility index (Phi) is 4.78. The average Bonchev–Trinajstić information content (AvgIpc) is 2.46. The van der Waals surface area contributed by atoms with Gasteiger partial charge in [-0.05, 0) is 42.4 Å². The Morgan fingerprint density at radius 3 is 2.32 bits per heavy atom. The van der Waals surface area contributed by atoms with Crippen LogP contribution in [0.15, 0.2) is 30.3 Å². The molecule has 1 saturated heterocycles. The Bertz CT molecular complexity index is 439. The third-order valence-electron chi connectivity index (χ3n) is 3.69. The van der Waals surface area contributed by atoms with Gasteiger partial charge >= 0.3 is 0 Å². The van der Waals surface area contributed by atoms with Crippen molar-refractivity contribution >= 4 is 12.0 Å². The standard InChI is InChI=1S/C17H23NO/c1-14(2)16-9-6-15(7-10-16)8-11-17(19)18-12-4-3-5-13-18/h6-11,14H,3-5,12-13H2,1-2H3/b11-8+. The van der Waals surface area contributed by atoms with Crippen molar-refractivity contribution in [1.82, 2.24) is 4.90 Å². The number of nitrogens with zero attached hydrogens (tertiary/aromatic N) is 1. The highest BCUT2D eigenvalue weighted by molar-refractivity contribution is 5.91. The van der Waals surface area contributed by atoms with Gasteiger partial charge < -0.3 is 4.90 Å². The quantitative estimate of drug-likeness (QED) is 0.753. The lowest BCUT2D eigenvalue weighted by atomic mass is 10.0. The summed E-state index contributed by atoms with van der Waals surface area (Å²) < 4.78 is 0. The molecule has 102 valence electrons. The molecular weight excluding hydrogens is 234 g/mol. The van der Waals surface area contributed by atoms with E-state index in [0.29, 0.717) is 5.92 Å². The molecule has 0 aliphatic carbocycles. The largest absolute Gasteiger partial charge is 0.339 e. The van der Waals surface area contributed by atoms with E-state index in [4.69, 9.17) is 0 Å². The predicted molar refractivity (Wildman–Crippen MR) is 80.0 cm³/mol. The van der Waals surface area contributed by atoms with Gasteiger partial charge in [0.15, 0.2) is 0 Å². The molecule has 0 atom stereocenters. The van der Waals surface area contributed by atoms with E-state index < -0.39 is 0 Å². The zero-order valence-corrected chi connectivity index (χ0v) is 11.9. The van der Waals surface area contributed by atoms with E-state index in [1.54, 1.807) is 6.08 Å². The molecule has 0 aromatic heterocycles. The van der Waals surface area contributed by atoms with Crippen LogP contribution in [0.2, 0.25) is 0 Å². The smallest absolute Gasteiger partial charge is 0.246 e. The molecule has 2 heteroatoms. The van der Waals surface area contributed by atoms with Crippen molar-refractivity contribution in [2.45, 2.75) is 39.0 Å². The molecule has 1 aromatic carbocycles. The van der Waals surface area contributed by atoms with E-state index in [1.807, 2.05) is 11.0 Å². The lowest BCUT2D eigenvalue weighted by molar-refractivity contribution is -0.126. The van der Waals surface area contributed by atoms with Crippen LogP contribution in [0.25, 0.3) is 6.08 Å². The van der Waals surface area contributed by atoms with Crippen LogP contribution in [0.1, 0.15) is 50.2 Å². The van der Waals surface area contributed by atoms with E-state index in [1.165, 1.54) is 12.0 Å². The lowest BCUT2D eigenvalue weighted by Gasteiger charge is -2.25. The maximum absolute atomic E-state index is 12.0. The summed E-state index contributed by atoms with van der Waals surface area (Å²) in [6.45, 7) is 6.19. The number of benzene rings is 1. The Balaban J connectivity index is 1.95. The summed E-state index contributed by atoms with van der Waals surface area (Å²) in [4.78, 5) is 13.9. The number of likely N-dealkylation sites (tertiary alicyclic amines) is 1. The van der Waals surface area contributed by atoms with Gasteiger partial charge in [0.2, 0.25) is 5.91 Å². The van der Waals surface area contributed by atoms with Crippen LogP contribution >= 0.6 is 0 Å². The molecule has 0 N–H and O–H groups in total. The molecule has 1 amide bonds. The summed E-state index contributed by atoms with van der Waals surface area (Å²) in [5.41, 5.74) is 2.43. The Morgan fingerprint density at radius 1 is 1.11 bits per heavy atom. The molecule has 2 nitrogen and oxygen atoms in total. The van der Waals surface area contributed by atoms with Crippen LogP contribution in [0.4, 0.5) is 0 Å². The van der Waals surface area contributed by atoms with E-state index in [2.05, 4.69) is 38.1 Å². The zero-order valence-electron chi connectivity index (χ0n) is 11.9. The second kappa shape index (κ2) is 6.55. The van der Waals surface area contributed by atoms with Gasteiger partial charge in [-0.1, -0.05) is 38.1 Å². The van der Waals surface area contributed by atoms with Gasteiger partial charge in [-0.15, -0.1) is 0 Å². The molecule has 2 rings (SSSR count). The highest BCUT2D eigenvalue weighted by Crippen LogP contribution is 2.15. The summed E-state index contributed by atoms with van der Waals surface area (Å²) in [5.74, 6) is 0.695. The molecule has 0 saturated carbocycles. The van der Waals surface area contributed by atoms with Crippen molar-refractivity contribution in [1.29, 1.82) is 0 Å². The molecular formula is C17H23NO. The number of amides is 1. The van der Waals surface area contributed by atoms with Gasteiger partial charge in [0, 0.05) is 19.2 Å². The van der Waals surface area contributed by atoms with E-state index in [-0.39, 0.29) is 5.91 Å². The van der Waals surface area contributed by atoms with Crippen LogP contribution in [0.3, 0.4) is 0 Å². The van der Waals surface area contributed by atoms with E-state index in [0.717, 1.165) is 31.5 Å². The molecule has 1 aliphatic rings. The fourth-order valence-corrected chi connectivity index (χ4v) is 2.38. The molecule has 1 aliphatic heterocycles. The third-order valence-corrected chi connectivity index (χ3v) is 3.69. The molecule has 19 heavy (non-hydrogen) atoms. The van der Waals surface area contributed by atoms with Gasteiger partial charge in [0.1, 0.15) is 0 Å². The van der Waals surface area contributed by atoms with Crippen molar-refractivity contribution in [2.75, 3.05) is 13.1 Å². The molecule has 1 fully saturated rings. The number of piperidine rings is 1. The van der Waals surface area contributed by atoms with Crippen LogP contribution in [0.5, 0.6) is 0 Å². The van der Waals surface area contributed by atoms with Crippen molar-refractivity contribution in [3.63, 3.8) is 0 Å². The maximum atomic E-state index is 12.0. The lowest BCUT2D eigenvalue weighted by Crippen LogP contribution is -2.34. The summed E-state index contributed by atoms with van der Waals surface area (Å²) in [6, 6.07) is 8.43. The second-order valence-corrected chi connectivity index (χ2v) is 5.54. The normalized spacial score (nSPS) is 16.3. The van der Waals surface area contributed by atoms with Crippen LogP contribution in [0, 0.1) is 0 Å². The number of rotatable bonds is 3. The van der Waals surface area contributed by atoms with Crippen molar-refractivity contribution in [3.05, 3.63) is 41.5 Å². The second-order valence-electron chi connectivity index (χ2n) is 5.54. The summed E-state index contributed by atoms with van der Waals surface area (Å²) >= 11 is 0. The van der Waals surface area contributed by atoms with Gasteiger partial charge in [0.05, 0.1) is 0 Å². The van der Waals surface area contributed by atoms with Gasteiger partial charge in [-0.3, -0.25) is 4.79 Å². The van der Waals surface area contributed by atoms with Gasteiger partial charge in [-0.25, -0.2) is 0 Å². The number of hydrogen-bond acceptors (Lipinski definition) is 1. The summed E-state index contributed by atoms with van der Waals surface area (Å²) in [7, 11) is 0. The fraction of sp³-hybridized carbons (Fsp3) is 0.471. The first kappa shape index (κ1) is 13.9. The van der Waals surface area contributed by atoms with E-state index in [9.17, 15) is 4.79 Å². The minimum Gasteiger partial charge on any atom is -0.339 e. The molecule has 1 aromatic rings. The maximum Gasteiger partial charge on any atom is 0.246 e. The Hall–Kier alpha value is -1.57. The van der Waals surface area contributed by atoms with Crippen LogP contribution in [-0.2, 0) is 4.79 Å². The number of carbonyl (C=O) groups is 1. The topological polar surface area (TPSA) is 20.3 Å². The van der Waals surface area contributed by atoms with Crippen LogP contribution < -0.4 is 0 Å². The fourth-order valence-electron chi connectivity index (χ4n) is 2.38. The first-order valence-electron chi connectivity index (χ1n) is 7.24. The molecule has 0 unspecified atom stereocenters. The first-order chi connectivity index (χ1) is 9.16. The SMILES string of the molecule is CC(C)c1ccc(/C=C/C(=O)N2CCCCC2)cc1. The highest BCUT2D eigenvalue weighted by Gasteiger charge is 2.13. The van der Waals surface area contributed by atoms with Crippen molar-refractivity contribution in [2.24, 2.45) is 0 Å². The first-order valence-corrected chi connectivity index (χ1v) is 7.24. The van der Waals surface area contributed by atoms with E-state index >= 15 is 0 Å². The number of hydrogen-bond donors (Lipinski definition) is 0. The Morgan fingerprint density at radius 2 is 1.74 bits per heavy atom. The van der Waals surface area contributed by atoms with Gasteiger partial charge in [-0.2, -0.15) is 0 Å². The molecule has 1 heterocycles. The molecule has 0 bridgehead atoms. The Labute approximate surface area is 116 Å². The molecule has 0 spiro atoms. The average molecular weight is 257 g/mol. The summed E-state index contributed by atoms with van der Waals surface area (Å²) in [5, 5.41) is 0. The van der Waals surface area contributed by atoms with Gasteiger partial charge in [0.25, 0.3) is 0 Å². The monoisotopic (exact) mass is 257 g/mol. The predicted octanol–water partition coefficient (Wildman–Crippen LogP) is 3.84. The third kappa shape index (κ3) is 3.95. The minimum atomic E-state index is 0.146. The van der Waals surface area contributed by atoms with Crippen LogP contribution in [-0.4, -0.2) is 23.9 Å². The van der Waals surface area contributed by atoms with Crippen molar-refractivity contribution in [3.8, 4) is 0 Å². The molecule has 0 radical (unpaired) electrons. The number of carbonyl (C=O) groups excluding carboxylic acids is 1. The van der Waals surface area contributed by atoms with Crippen molar-refractivity contribution < 1.29 is 4.79 Å². The zero-order chi connectivity index (χ0) is 13.7. The minimum absolute atomic E-state index is 0.146. The summed E-state index contributed by atoms with van der Waals surface area (Å²) in [6.07, 6.45) is 7.16.